The van der Waals surface area contributed by atoms with Crippen molar-refractivity contribution in [3.63, 3.8) is 0 Å². The van der Waals surface area contributed by atoms with Crippen LogP contribution in [-0.4, -0.2) is 34.8 Å². The first-order valence-corrected chi connectivity index (χ1v) is 9.64. The van der Waals surface area contributed by atoms with Crippen LogP contribution in [0.2, 0.25) is 0 Å². The molecule has 11 heteroatoms. The molecular weight excluding hydrogens is 480 g/mol. The first-order valence-electron chi connectivity index (χ1n) is 8.85. The molecule has 0 saturated carbocycles. The van der Waals surface area contributed by atoms with Crippen molar-refractivity contribution < 1.29 is 32.3 Å². The number of carbonyl (C=O) groups is 1. The minimum absolute atomic E-state index is 0.0578. The zero-order valence-electron chi connectivity index (χ0n) is 15.9. The summed E-state index contributed by atoms with van der Waals surface area (Å²) in [5.41, 5.74) is 1.49. The molecule has 0 radical (unpaired) electrons. The average molecular weight is 494 g/mol. The molecule has 2 aromatic heterocycles. The number of aromatic nitrogens is 3. The fourth-order valence-corrected chi connectivity index (χ4v) is 3.49. The number of halogens is 3. The molecular formula is C20H14BrF2N3O5. The van der Waals surface area contributed by atoms with Crippen LogP contribution >= 0.6 is 15.9 Å². The van der Waals surface area contributed by atoms with Crippen LogP contribution in [0.25, 0.3) is 22.3 Å². The second-order valence-corrected chi connectivity index (χ2v) is 6.98. The summed E-state index contributed by atoms with van der Waals surface area (Å²) < 4.78 is 45.3. The number of carbonyl (C=O) groups excluding carboxylic acids is 1. The van der Waals surface area contributed by atoms with E-state index in [0.29, 0.717) is 10.0 Å². The molecule has 0 amide bonds. The van der Waals surface area contributed by atoms with Crippen molar-refractivity contribution in [2.75, 3.05) is 7.11 Å². The number of aromatic amines is 1. The van der Waals surface area contributed by atoms with Gasteiger partial charge in [-0.2, -0.15) is 13.8 Å². The molecule has 2 heterocycles. The van der Waals surface area contributed by atoms with Gasteiger partial charge in [-0.3, -0.25) is 0 Å². The SMILES string of the molecule is COc1cc(-c2noc(COC(=O)c3[nH]c4ccccc4c3Br)n2)ccc1OC(F)F. The summed E-state index contributed by atoms with van der Waals surface area (Å²) in [4.78, 5) is 19.6. The topological polar surface area (TPSA) is 99.5 Å². The average Bonchev–Trinajstić information content (AvgIpc) is 3.37. The van der Waals surface area contributed by atoms with E-state index >= 15 is 0 Å². The van der Waals surface area contributed by atoms with Gasteiger partial charge in [-0.25, -0.2) is 4.79 Å². The number of alkyl halides is 2. The van der Waals surface area contributed by atoms with Crippen LogP contribution in [0.15, 0.2) is 51.5 Å². The number of hydrogen-bond acceptors (Lipinski definition) is 7. The van der Waals surface area contributed by atoms with Crippen molar-refractivity contribution in [1.29, 1.82) is 0 Å². The highest BCUT2D eigenvalue weighted by Gasteiger charge is 2.19. The molecule has 0 aliphatic heterocycles. The van der Waals surface area contributed by atoms with Gasteiger partial charge in [-0.05, 0) is 40.2 Å². The van der Waals surface area contributed by atoms with Crippen LogP contribution in [0.1, 0.15) is 16.4 Å². The van der Waals surface area contributed by atoms with Gasteiger partial charge in [0.2, 0.25) is 5.82 Å². The highest BCUT2D eigenvalue weighted by molar-refractivity contribution is 9.10. The molecule has 0 fully saturated rings. The van der Waals surface area contributed by atoms with Crippen molar-refractivity contribution in [3.8, 4) is 22.9 Å². The molecule has 160 valence electrons. The molecule has 1 N–H and O–H groups in total. The van der Waals surface area contributed by atoms with E-state index in [1.54, 1.807) is 0 Å². The lowest BCUT2D eigenvalue weighted by Gasteiger charge is -2.10. The van der Waals surface area contributed by atoms with Crippen LogP contribution in [0.5, 0.6) is 11.5 Å². The third-order valence-corrected chi connectivity index (χ3v) is 5.10. The summed E-state index contributed by atoms with van der Waals surface area (Å²) in [6, 6.07) is 11.6. The lowest BCUT2D eigenvalue weighted by atomic mass is 10.2. The maximum Gasteiger partial charge on any atom is 0.387 e. The van der Waals surface area contributed by atoms with Crippen molar-refractivity contribution in [1.82, 2.24) is 15.1 Å². The van der Waals surface area contributed by atoms with Gasteiger partial charge >= 0.3 is 12.6 Å². The lowest BCUT2D eigenvalue weighted by Crippen LogP contribution is -2.06. The Kier molecular flexibility index (Phi) is 5.85. The number of para-hydroxylation sites is 1. The number of fused-ring (bicyclic) bond motifs is 1. The number of rotatable bonds is 7. The van der Waals surface area contributed by atoms with Crippen molar-refractivity contribution >= 4 is 32.8 Å². The fourth-order valence-electron chi connectivity index (χ4n) is 2.88. The third kappa shape index (κ3) is 4.36. The Bertz CT molecular complexity index is 1240. The Hall–Kier alpha value is -3.47. The molecule has 4 aromatic rings. The molecule has 0 aliphatic carbocycles. The van der Waals surface area contributed by atoms with Crippen LogP contribution in [0.3, 0.4) is 0 Å². The second-order valence-electron chi connectivity index (χ2n) is 6.19. The quantitative estimate of drug-likeness (QED) is 0.363. The fraction of sp³-hybridized carbons (Fsp3) is 0.150. The van der Waals surface area contributed by atoms with Crippen LogP contribution in [0.4, 0.5) is 8.78 Å². The van der Waals surface area contributed by atoms with E-state index in [4.69, 9.17) is 14.0 Å². The van der Waals surface area contributed by atoms with E-state index in [0.717, 1.165) is 10.9 Å². The Morgan fingerprint density at radius 3 is 2.77 bits per heavy atom. The minimum atomic E-state index is -2.98. The predicted molar refractivity (Wildman–Crippen MR) is 108 cm³/mol. The number of esters is 1. The summed E-state index contributed by atoms with van der Waals surface area (Å²) in [6.07, 6.45) is 0. The summed E-state index contributed by atoms with van der Waals surface area (Å²) in [7, 11) is 1.32. The molecule has 0 aliphatic rings. The Labute approximate surface area is 182 Å². The molecule has 0 saturated heterocycles. The van der Waals surface area contributed by atoms with Gasteiger partial charge in [0.1, 0.15) is 5.69 Å². The van der Waals surface area contributed by atoms with E-state index in [1.165, 1.54) is 25.3 Å². The van der Waals surface area contributed by atoms with Crippen LogP contribution in [-0.2, 0) is 11.3 Å². The number of benzene rings is 2. The van der Waals surface area contributed by atoms with Gasteiger partial charge in [-0.1, -0.05) is 23.4 Å². The van der Waals surface area contributed by atoms with Crippen molar-refractivity contribution in [2.45, 2.75) is 13.2 Å². The maximum absolute atomic E-state index is 12.5. The van der Waals surface area contributed by atoms with E-state index in [9.17, 15) is 13.6 Å². The minimum Gasteiger partial charge on any atom is -0.493 e. The van der Waals surface area contributed by atoms with Gasteiger partial charge in [0.15, 0.2) is 18.1 Å². The van der Waals surface area contributed by atoms with E-state index in [-0.39, 0.29) is 35.5 Å². The van der Waals surface area contributed by atoms with E-state index in [2.05, 4.69) is 35.8 Å². The number of nitrogens with one attached hydrogen (secondary N) is 1. The molecule has 8 nitrogen and oxygen atoms in total. The van der Waals surface area contributed by atoms with Gasteiger partial charge in [-0.15, -0.1) is 0 Å². The number of hydrogen-bond donors (Lipinski definition) is 1. The summed E-state index contributed by atoms with van der Waals surface area (Å²) >= 11 is 3.40. The van der Waals surface area contributed by atoms with Gasteiger partial charge in [0.25, 0.3) is 5.89 Å². The molecule has 0 spiro atoms. The molecule has 4 rings (SSSR count). The van der Waals surface area contributed by atoms with E-state index < -0.39 is 12.6 Å². The molecule has 0 atom stereocenters. The monoisotopic (exact) mass is 493 g/mol. The predicted octanol–water partition coefficient (Wildman–Crippen LogP) is 4.95. The molecule has 0 unspecified atom stereocenters. The number of methoxy groups -OCH3 is 1. The third-order valence-electron chi connectivity index (χ3n) is 4.28. The molecule has 2 aromatic carbocycles. The van der Waals surface area contributed by atoms with Crippen molar-refractivity contribution in [2.24, 2.45) is 0 Å². The maximum atomic E-state index is 12.5. The van der Waals surface area contributed by atoms with Gasteiger partial charge < -0.3 is 23.7 Å². The normalized spacial score (nSPS) is 11.1. The first kappa shape index (κ1) is 20.8. The highest BCUT2D eigenvalue weighted by atomic mass is 79.9. The molecule has 31 heavy (non-hydrogen) atoms. The molecule has 0 bridgehead atoms. The Balaban J connectivity index is 1.46. The zero-order chi connectivity index (χ0) is 22.0. The van der Waals surface area contributed by atoms with Gasteiger partial charge in [0.05, 0.1) is 11.6 Å². The highest BCUT2D eigenvalue weighted by Crippen LogP contribution is 2.33. The van der Waals surface area contributed by atoms with Crippen LogP contribution < -0.4 is 9.47 Å². The zero-order valence-corrected chi connectivity index (χ0v) is 17.5. The Morgan fingerprint density at radius 1 is 1.23 bits per heavy atom. The number of nitrogens with zero attached hydrogens (tertiary/aromatic N) is 2. The van der Waals surface area contributed by atoms with E-state index in [1.807, 2.05) is 24.3 Å². The number of H-pyrrole nitrogens is 1. The van der Waals surface area contributed by atoms with Gasteiger partial charge in [0, 0.05) is 16.5 Å². The summed E-state index contributed by atoms with van der Waals surface area (Å²) in [5, 5.41) is 4.67. The largest absolute Gasteiger partial charge is 0.493 e. The first-order chi connectivity index (χ1) is 15.0. The van der Waals surface area contributed by atoms with Crippen molar-refractivity contribution in [3.05, 3.63) is 58.5 Å². The standard InChI is InChI=1S/C20H14BrF2N3O5/c1-28-14-8-10(6-7-13(14)30-20(22)23)18-25-15(31-26-18)9-29-19(27)17-16(21)11-4-2-3-5-12(11)24-17/h2-8,20,24H,9H2,1H3. The Morgan fingerprint density at radius 2 is 2.03 bits per heavy atom. The summed E-state index contributed by atoms with van der Waals surface area (Å²) in [5.74, 6) is -0.415. The summed E-state index contributed by atoms with van der Waals surface area (Å²) in [6.45, 7) is -3.24. The smallest absolute Gasteiger partial charge is 0.387 e. The lowest BCUT2D eigenvalue weighted by molar-refractivity contribution is -0.0512. The second kappa shape index (κ2) is 8.72. The van der Waals surface area contributed by atoms with Crippen LogP contribution in [0, 0.1) is 0 Å². The number of ether oxygens (including phenoxy) is 3.